The fourth-order valence-electron chi connectivity index (χ4n) is 2.59. The Balaban J connectivity index is 1.72. The summed E-state index contributed by atoms with van der Waals surface area (Å²) in [7, 11) is 0. The van der Waals surface area contributed by atoms with Crippen LogP contribution in [-0.2, 0) is 11.3 Å². The third-order valence-corrected chi connectivity index (χ3v) is 4.89. The molecule has 0 fully saturated rings. The Bertz CT molecular complexity index is 1000. The normalized spacial score (nSPS) is 10.7. The first kappa shape index (κ1) is 19.8. The first-order chi connectivity index (χ1) is 13.5. The zero-order valence-corrected chi connectivity index (χ0v) is 16.0. The lowest BCUT2D eigenvalue weighted by Gasteiger charge is -2.09. The van der Waals surface area contributed by atoms with E-state index in [0.29, 0.717) is 34.3 Å². The lowest BCUT2D eigenvalue weighted by molar-refractivity contribution is -0.113. The molecule has 2 aromatic carbocycles. The number of nitrogens with zero attached hydrogens (tertiary/aromatic N) is 3. The molecule has 0 saturated carbocycles. The van der Waals surface area contributed by atoms with Gasteiger partial charge in [-0.15, -0.1) is 16.8 Å². The minimum atomic E-state index is -0.351. The van der Waals surface area contributed by atoms with Crippen molar-refractivity contribution in [2.45, 2.75) is 18.6 Å². The van der Waals surface area contributed by atoms with Gasteiger partial charge in [0.25, 0.3) is 0 Å². The number of hydrogen-bond acceptors (Lipinski definition) is 4. The van der Waals surface area contributed by atoms with Crippen LogP contribution in [0.5, 0.6) is 0 Å². The van der Waals surface area contributed by atoms with Gasteiger partial charge < -0.3 is 5.32 Å². The molecule has 0 aliphatic carbocycles. The summed E-state index contributed by atoms with van der Waals surface area (Å²) in [5.41, 5.74) is 1.92. The minimum absolute atomic E-state index is 0.107. The molecule has 0 unspecified atom stereocenters. The highest BCUT2D eigenvalue weighted by Gasteiger charge is 2.15. The molecule has 3 rings (SSSR count). The van der Waals surface area contributed by atoms with Gasteiger partial charge in [-0.3, -0.25) is 9.36 Å². The van der Waals surface area contributed by atoms with E-state index in [1.807, 2.05) is 0 Å². The zero-order chi connectivity index (χ0) is 20.1. The van der Waals surface area contributed by atoms with Gasteiger partial charge in [0.15, 0.2) is 11.0 Å². The smallest absolute Gasteiger partial charge is 0.234 e. The van der Waals surface area contributed by atoms with Crippen LogP contribution in [0.15, 0.2) is 60.3 Å². The Morgan fingerprint density at radius 3 is 2.57 bits per heavy atom. The largest absolute Gasteiger partial charge is 0.325 e. The van der Waals surface area contributed by atoms with Crippen LogP contribution >= 0.6 is 11.8 Å². The number of aromatic nitrogens is 3. The zero-order valence-electron chi connectivity index (χ0n) is 15.2. The van der Waals surface area contributed by atoms with Gasteiger partial charge in [-0.1, -0.05) is 17.8 Å². The summed E-state index contributed by atoms with van der Waals surface area (Å²) in [5, 5.41) is 11.6. The van der Waals surface area contributed by atoms with Crippen molar-refractivity contribution in [1.82, 2.24) is 14.8 Å². The predicted molar refractivity (Wildman–Crippen MR) is 106 cm³/mol. The molecule has 0 spiro atoms. The van der Waals surface area contributed by atoms with E-state index in [9.17, 15) is 13.6 Å². The van der Waals surface area contributed by atoms with E-state index in [0.717, 1.165) is 0 Å². The summed E-state index contributed by atoms with van der Waals surface area (Å²) in [6, 6.07) is 10.1. The standard InChI is InChI=1S/C20H18F2N4OS/c1-3-10-26-19(14-4-6-15(21)7-5-14)24-25-20(26)28-12-18(27)23-17-9-8-16(22)11-13(17)2/h3-9,11H,1,10,12H2,2H3,(H,23,27). The van der Waals surface area contributed by atoms with Crippen LogP contribution in [0.2, 0.25) is 0 Å². The number of amides is 1. The number of carbonyl (C=O) groups excluding carboxylic acids is 1. The van der Waals surface area contributed by atoms with Gasteiger partial charge in [0, 0.05) is 17.8 Å². The predicted octanol–water partition coefficient (Wildman–Crippen LogP) is 4.45. The van der Waals surface area contributed by atoms with E-state index >= 15 is 0 Å². The Morgan fingerprint density at radius 2 is 1.89 bits per heavy atom. The second kappa shape index (κ2) is 8.79. The van der Waals surface area contributed by atoms with Crippen LogP contribution < -0.4 is 5.32 Å². The van der Waals surface area contributed by atoms with E-state index in [4.69, 9.17) is 0 Å². The average molecular weight is 400 g/mol. The van der Waals surface area contributed by atoms with E-state index < -0.39 is 0 Å². The molecule has 0 aliphatic rings. The second-order valence-corrected chi connectivity index (χ2v) is 6.95. The molecule has 1 amide bonds. The van der Waals surface area contributed by atoms with Crippen molar-refractivity contribution in [2.24, 2.45) is 0 Å². The molecule has 0 radical (unpaired) electrons. The molecule has 8 heteroatoms. The van der Waals surface area contributed by atoms with Crippen molar-refractivity contribution in [2.75, 3.05) is 11.1 Å². The van der Waals surface area contributed by atoms with Crippen molar-refractivity contribution >= 4 is 23.4 Å². The second-order valence-electron chi connectivity index (χ2n) is 6.01. The molecule has 0 aliphatic heterocycles. The molecule has 28 heavy (non-hydrogen) atoms. The fourth-order valence-corrected chi connectivity index (χ4v) is 3.33. The van der Waals surface area contributed by atoms with Gasteiger partial charge in [-0.25, -0.2) is 8.78 Å². The van der Waals surface area contributed by atoms with Crippen molar-refractivity contribution in [1.29, 1.82) is 0 Å². The molecule has 144 valence electrons. The first-order valence-electron chi connectivity index (χ1n) is 8.46. The van der Waals surface area contributed by atoms with Crippen molar-refractivity contribution in [3.8, 4) is 11.4 Å². The third kappa shape index (κ3) is 4.64. The van der Waals surface area contributed by atoms with Crippen molar-refractivity contribution in [3.05, 3.63) is 72.3 Å². The molecule has 0 atom stereocenters. The molecule has 0 saturated heterocycles. The van der Waals surface area contributed by atoms with Crippen LogP contribution in [0.4, 0.5) is 14.5 Å². The van der Waals surface area contributed by atoms with Crippen LogP contribution in [0.3, 0.4) is 0 Å². The van der Waals surface area contributed by atoms with Crippen LogP contribution in [0.1, 0.15) is 5.56 Å². The quantitative estimate of drug-likeness (QED) is 0.470. The van der Waals surface area contributed by atoms with Gasteiger partial charge in [-0.05, 0) is 55.0 Å². The molecular formula is C20H18F2N4OS. The molecule has 0 bridgehead atoms. The number of hydrogen-bond donors (Lipinski definition) is 1. The van der Waals surface area contributed by atoms with E-state index in [2.05, 4.69) is 22.1 Å². The van der Waals surface area contributed by atoms with E-state index in [1.165, 1.54) is 42.1 Å². The summed E-state index contributed by atoms with van der Waals surface area (Å²) in [6.07, 6.45) is 1.70. The fraction of sp³-hybridized carbons (Fsp3) is 0.150. The van der Waals surface area contributed by atoms with Crippen LogP contribution in [0, 0.1) is 18.6 Å². The van der Waals surface area contributed by atoms with Crippen molar-refractivity contribution in [3.63, 3.8) is 0 Å². The number of halogens is 2. The lowest BCUT2D eigenvalue weighted by Crippen LogP contribution is -2.15. The number of allylic oxidation sites excluding steroid dienone is 1. The summed E-state index contributed by atoms with van der Waals surface area (Å²) in [5.74, 6) is -0.250. The van der Waals surface area contributed by atoms with Gasteiger partial charge in [0.2, 0.25) is 5.91 Å². The number of aryl methyl sites for hydroxylation is 1. The number of carbonyl (C=O) groups is 1. The third-order valence-electron chi connectivity index (χ3n) is 3.93. The maximum absolute atomic E-state index is 13.2. The van der Waals surface area contributed by atoms with Crippen LogP contribution in [-0.4, -0.2) is 26.4 Å². The summed E-state index contributed by atoms with van der Waals surface area (Å²) in [4.78, 5) is 12.3. The maximum atomic E-state index is 13.2. The number of rotatable bonds is 7. The van der Waals surface area contributed by atoms with Gasteiger partial charge in [0.05, 0.1) is 5.75 Å². The number of benzene rings is 2. The van der Waals surface area contributed by atoms with Crippen molar-refractivity contribution < 1.29 is 13.6 Å². The number of nitrogens with one attached hydrogen (secondary N) is 1. The maximum Gasteiger partial charge on any atom is 0.234 e. The number of anilines is 1. The van der Waals surface area contributed by atoms with Gasteiger partial charge >= 0.3 is 0 Å². The Morgan fingerprint density at radius 1 is 1.18 bits per heavy atom. The molecule has 1 aromatic heterocycles. The average Bonchev–Trinajstić information content (AvgIpc) is 3.06. The summed E-state index contributed by atoms with van der Waals surface area (Å²) in [6.45, 7) is 5.91. The van der Waals surface area contributed by atoms with E-state index in [-0.39, 0.29) is 23.3 Å². The van der Waals surface area contributed by atoms with Gasteiger partial charge in [0.1, 0.15) is 11.6 Å². The summed E-state index contributed by atoms with van der Waals surface area (Å²) < 4.78 is 28.1. The number of thioether (sulfide) groups is 1. The summed E-state index contributed by atoms with van der Waals surface area (Å²) >= 11 is 1.22. The van der Waals surface area contributed by atoms with Crippen LogP contribution in [0.25, 0.3) is 11.4 Å². The lowest BCUT2D eigenvalue weighted by atomic mass is 10.2. The molecule has 1 heterocycles. The Labute approximate surface area is 165 Å². The SMILES string of the molecule is C=CCn1c(SCC(=O)Nc2ccc(F)cc2C)nnc1-c1ccc(F)cc1. The monoisotopic (exact) mass is 400 g/mol. The minimum Gasteiger partial charge on any atom is -0.325 e. The molecule has 3 aromatic rings. The molecule has 1 N–H and O–H groups in total. The highest BCUT2D eigenvalue weighted by atomic mass is 32.2. The Hall–Kier alpha value is -3.00. The van der Waals surface area contributed by atoms with Gasteiger partial charge in [-0.2, -0.15) is 0 Å². The molecule has 5 nitrogen and oxygen atoms in total. The molecular weight excluding hydrogens is 382 g/mol. The highest BCUT2D eigenvalue weighted by molar-refractivity contribution is 7.99. The first-order valence-corrected chi connectivity index (χ1v) is 9.45. The van der Waals surface area contributed by atoms with E-state index in [1.54, 1.807) is 29.7 Å². The highest BCUT2D eigenvalue weighted by Crippen LogP contribution is 2.25. The topological polar surface area (TPSA) is 59.8 Å². The Kier molecular flexibility index (Phi) is 6.20.